The zero-order chi connectivity index (χ0) is 17.6. The second-order valence-electron chi connectivity index (χ2n) is 6.51. The Hall–Kier alpha value is -2.40. The van der Waals surface area contributed by atoms with Crippen LogP contribution in [0.4, 0.5) is 9.18 Å². The van der Waals surface area contributed by atoms with Crippen LogP contribution in [0.2, 0.25) is 0 Å². The first-order valence-electron chi connectivity index (χ1n) is 8.59. The van der Waals surface area contributed by atoms with E-state index in [2.05, 4.69) is 10.6 Å². The Kier molecular flexibility index (Phi) is 5.66. The van der Waals surface area contributed by atoms with Gasteiger partial charge in [-0.3, -0.25) is 0 Å². The third-order valence-electron chi connectivity index (χ3n) is 4.51. The first-order valence-corrected chi connectivity index (χ1v) is 8.59. The van der Waals surface area contributed by atoms with Crippen LogP contribution >= 0.6 is 0 Å². The van der Waals surface area contributed by atoms with Crippen LogP contribution in [-0.4, -0.2) is 18.2 Å². The molecule has 1 atom stereocenters. The molecule has 5 heteroatoms. The van der Waals surface area contributed by atoms with Crippen molar-refractivity contribution in [3.05, 3.63) is 71.5 Å². The van der Waals surface area contributed by atoms with Crippen molar-refractivity contribution in [2.45, 2.75) is 44.5 Å². The molecule has 2 N–H and O–H groups in total. The number of hydrogen-bond donors (Lipinski definition) is 2. The predicted molar refractivity (Wildman–Crippen MR) is 94.5 cm³/mol. The number of ether oxygens (including phenoxy) is 1. The molecule has 1 aliphatic carbocycles. The molecule has 0 spiro atoms. The lowest BCUT2D eigenvalue weighted by Gasteiger charge is -2.38. The van der Waals surface area contributed by atoms with E-state index < -0.39 is 0 Å². The lowest BCUT2D eigenvalue weighted by molar-refractivity contribution is 0.124. The number of carbonyl (C=O) groups is 1. The van der Waals surface area contributed by atoms with Crippen LogP contribution in [0.1, 0.15) is 36.9 Å². The van der Waals surface area contributed by atoms with Gasteiger partial charge in [0.05, 0.1) is 0 Å². The summed E-state index contributed by atoms with van der Waals surface area (Å²) in [5, 5.41) is 6.34. The molecule has 1 aliphatic rings. The van der Waals surface area contributed by atoms with Crippen LogP contribution in [0.25, 0.3) is 0 Å². The molecule has 25 heavy (non-hydrogen) atoms. The molecule has 4 nitrogen and oxygen atoms in total. The van der Waals surface area contributed by atoms with E-state index in [-0.39, 0.29) is 30.6 Å². The van der Waals surface area contributed by atoms with Gasteiger partial charge in [0.2, 0.25) is 0 Å². The number of nitrogens with one attached hydrogen (secondary N) is 2. The standard InChI is InChI=1S/C20H23FN2O2/c1-14(16-8-5-9-17(21)10-16)22-18-11-19(12-18)23-20(24)25-13-15-6-3-2-4-7-15/h2-10,14,18-19,22H,11-13H2,1H3,(H,23,24)/t14-,18?,19?/m1/s1. The molecule has 0 aromatic heterocycles. The summed E-state index contributed by atoms with van der Waals surface area (Å²) in [4.78, 5) is 11.8. The minimum absolute atomic E-state index is 0.0756. The molecule has 0 aliphatic heterocycles. The first kappa shape index (κ1) is 17.4. The maximum Gasteiger partial charge on any atom is 0.407 e. The van der Waals surface area contributed by atoms with Gasteiger partial charge in [-0.2, -0.15) is 0 Å². The minimum Gasteiger partial charge on any atom is -0.445 e. The summed E-state index contributed by atoms with van der Waals surface area (Å²) < 4.78 is 18.5. The average Bonchev–Trinajstić information content (AvgIpc) is 2.59. The molecule has 1 fully saturated rings. The second-order valence-corrected chi connectivity index (χ2v) is 6.51. The third-order valence-corrected chi connectivity index (χ3v) is 4.51. The summed E-state index contributed by atoms with van der Waals surface area (Å²) in [6, 6.07) is 16.7. The van der Waals surface area contributed by atoms with Gasteiger partial charge in [-0.25, -0.2) is 9.18 Å². The normalized spacial score (nSPS) is 20.4. The van der Waals surface area contributed by atoms with E-state index in [1.54, 1.807) is 12.1 Å². The largest absolute Gasteiger partial charge is 0.445 e. The molecule has 2 aromatic carbocycles. The Morgan fingerprint density at radius 1 is 1.16 bits per heavy atom. The highest BCUT2D eigenvalue weighted by atomic mass is 19.1. The Morgan fingerprint density at radius 2 is 1.92 bits per heavy atom. The molecule has 1 saturated carbocycles. The Bertz CT molecular complexity index is 702. The SMILES string of the molecule is C[C@@H](NC1CC(NC(=O)OCc2ccccc2)C1)c1cccc(F)c1. The summed E-state index contributed by atoms with van der Waals surface area (Å²) in [5.74, 6) is -0.222. The van der Waals surface area contributed by atoms with Gasteiger partial charge >= 0.3 is 6.09 Å². The lowest BCUT2D eigenvalue weighted by atomic mass is 9.86. The van der Waals surface area contributed by atoms with Crippen LogP contribution in [0, 0.1) is 5.82 Å². The van der Waals surface area contributed by atoms with E-state index in [9.17, 15) is 9.18 Å². The van der Waals surface area contributed by atoms with Gasteiger partial charge < -0.3 is 15.4 Å². The number of amides is 1. The molecule has 0 saturated heterocycles. The second kappa shape index (κ2) is 8.12. The van der Waals surface area contributed by atoms with Gasteiger partial charge in [0, 0.05) is 18.1 Å². The molecule has 132 valence electrons. The number of hydrogen-bond acceptors (Lipinski definition) is 3. The lowest BCUT2D eigenvalue weighted by Crippen LogP contribution is -2.52. The number of alkyl carbamates (subject to hydrolysis) is 1. The van der Waals surface area contributed by atoms with Crippen molar-refractivity contribution in [3.63, 3.8) is 0 Å². The smallest absolute Gasteiger partial charge is 0.407 e. The molecule has 0 unspecified atom stereocenters. The van der Waals surface area contributed by atoms with Crippen molar-refractivity contribution in [2.24, 2.45) is 0 Å². The quantitative estimate of drug-likeness (QED) is 0.836. The van der Waals surface area contributed by atoms with E-state index in [4.69, 9.17) is 4.74 Å². The average molecular weight is 342 g/mol. The molecule has 3 rings (SSSR count). The van der Waals surface area contributed by atoms with Crippen LogP contribution in [-0.2, 0) is 11.3 Å². The number of rotatable bonds is 6. The van der Waals surface area contributed by atoms with E-state index in [0.717, 1.165) is 24.0 Å². The Balaban J connectivity index is 1.35. The molecule has 2 aromatic rings. The highest BCUT2D eigenvalue weighted by molar-refractivity contribution is 5.67. The highest BCUT2D eigenvalue weighted by Gasteiger charge is 2.31. The summed E-state index contributed by atoms with van der Waals surface area (Å²) in [6.07, 6.45) is 1.31. The molecule has 0 radical (unpaired) electrons. The van der Waals surface area contributed by atoms with Crippen LogP contribution < -0.4 is 10.6 Å². The van der Waals surface area contributed by atoms with Crippen molar-refractivity contribution in [2.75, 3.05) is 0 Å². The van der Waals surface area contributed by atoms with Gasteiger partial charge in [0.15, 0.2) is 0 Å². The van der Waals surface area contributed by atoms with Gasteiger partial charge in [-0.15, -0.1) is 0 Å². The van der Waals surface area contributed by atoms with Crippen molar-refractivity contribution < 1.29 is 13.9 Å². The molecular formula is C20H23FN2O2. The predicted octanol–water partition coefficient (Wildman–Crippen LogP) is 3.93. The highest BCUT2D eigenvalue weighted by Crippen LogP contribution is 2.24. The van der Waals surface area contributed by atoms with Crippen molar-refractivity contribution in [1.29, 1.82) is 0 Å². The van der Waals surface area contributed by atoms with E-state index in [0.29, 0.717) is 6.04 Å². The van der Waals surface area contributed by atoms with Gasteiger partial charge in [0.25, 0.3) is 0 Å². The van der Waals surface area contributed by atoms with E-state index in [1.807, 2.05) is 43.3 Å². The summed E-state index contributed by atoms with van der Waals surface area (Å²) in [6.45, 7) is 2.29. The fourth-order valence-corrected chi connectivity index (χ4v) is 3.03. The van der Waals surface area contributed by atoms with Gasteiger partial charge in [-0.1, -0.05) is 42.5 Å². The molecule has 0 heterocycles. The molecule has 0 bridgehead atoms. The van der Waals surface area contributed by atoms with Crippen molar-refractivity contribution in [1.82, 2.24) is 10.6 Å². The zero-order valence-electron chi connectivity index (χ0n) is 14.2. The molecular weight excluding hydrogens is 319 g/mol. The number of benzene rings is 2. The zero-order valence-corrected chi connectivity index (χ0v) is 14.2. The summed E-state index contributed by atoms with van der Waals surface area (Å²) in [5.41, 5.74) is 1.90. The summed E-state index contributed by atoms with van der Waals surface area (Å²) in [7, 11) is 0. The number of halogens is 1. The first-order chi connectivity index (χ1) is 12.1. The molecule has 1 amide bonds. The fraction of sp³-hybridized carbons (Fsp3) is 0.350. The minimum atomic E-state index is -0.384. The van der Waals surface area contributed by atoms with E-state index >= 15 is 0 Å². The van der Waals surface area contributed by atoms with Crippen LogP contribution in [0.5, 0.6) is 0 Å². The maximum absolute atomic E-state index is 13.3. The number of carbonyl (C=O) groups excluding carboxylic acids is 1. The third kappa shape index (κ3) is 5.03. The van der Waals surface area contributed by atoms with Gasteiger partial charge in [0.1, 0.15) is 12.4 Å². The fourth-order valence-electron chi connectivity index (χ4n) is 3.03. The van der Waals surface area contributed by atoms with Crippen LogP contribution in [0.3, 0.4) is 0 Å². The van der Waals surface area contributed by atoms with Crippen molar-refractivity contribution >= 4 is 6.09 Å². The maximum atomic E-state index is 13.3. The Labute approximate surface area is 147 Å². The van der Waals surface area contributed by atoms with Crippen LogP contribution in [0.15, 0.2) is 54.6 Å². The van der Waals surface area contributed by atoms with Gasteiger partial charge in [-0.05, 0) is 43.0 Å². The Morgan fingerprint density at radius 3 is 2.64 bits per heavy atom. The summed E-state index contributed by atoms with van der Waals surface area (Å²) >= 11 is 0. The van der Waals surface area contributed by atoms with E-state index in [1.165, 1.54) is 6.07 Å². The topological polar surface area (TPSA) is 50.4 Å². The monoisotopic (exact) mass is 342 g/mol. The van der Waals surface area contributed by atoms with Crippen molar-refractivity contribution in [3.8, 4) is 0 Å².